The molecule has 0 aliphatic rings. The van der Waals surface area contributed by atoms with Gasteiger partial charge in [0.2, 0.25) is 0 Å². The Morgan fingerprint density at radius 3 is 1.95 bits per heavy atom. The molecular weight excluding hydrogens is 262 g/mol. The van der Waals surface area contributed by atoms with Crippen LogP contribution in [0.4, 0.5) is 0 Å². The second kappa shape index (κ2) is 8.45. The summed E-state index contributed by atoms with van der Waals surface area (Å²) in [4.78, 5) is 0. The molecule has 0 atom stereocenters. The predicted octanol–water partition coefficient (Wildman–Crippen LogP) is 3.31. The van der Waals surface area contributed by atoms with Crippen LogP contribution in [0, 0.1) is 6.92 Å². The van der Waals surface area contributed by atoms with Crippen molar-refractivity contribution >= 4 is 0 Å². The Labute approximate surface area is 126 Å². The van der Waals surface area contributed by atoms with E-state index in [1.165, 1.54) is 16.7 Å². The van der Waals surface area contributed by atoms with Crippen molar-refractivity contribution in [3.8, 4) is 5.75 Å². The summed E-state index contributed by atoms with van der Waals surface area (Å²) in [7, 11) is 1.67. The molecule has 112 valence electrons. The van der Waals surface area contributed by atoms with Gasteiger partial charge in [-0.15, -0.1) is 0 Å². The molecule has 1 N–H and O–H groups in total. The monoisotopic (exact) mass is 285 g/mol. The van der Waals surface area contributed by atoms with E-state index in [1.54, 1.807) is 7.11 Å². The standard InChI is InChI=1S/C18H23NO2/c1-15-3-5-16(6-4-15)13-19-14-17-7-9-18(10-8-17)21-12-11-20-2/h3-10,19H,11-14H2,1-2H3. The summed E-state index contributed by atoms with van der Waals surface area (Å²) in [5, 5.41) is 3.45. The lowest BCUT2D eigenvalue weighted by atomic mass is 10.1. The Morgan fingerprint density at radius 1 is 0.810 bits per heavy atom. The molecule has 0 spiro atoms. The second-order valence-corrected chi connectivity index (χ2v) is 5.07. The molecule has 0 heterocycles. The molecule has 0 aliphatic carbocycles. The number of benzene rings is 2. The largest absolute Gasteiger partial charge is 0.491 e. The summed E-state index contributed by atoms with van der Waals surface area (Å²) in [5.74, 6) is 0.884. The average Bonchev–Trinajstić information content (AvgIpc) is 2.51. The Morgan fingerprint density at radius 2 is 1.38 bits per heavy atom. The van der Waals surface area contributed by atoms with Gasteiger partial charge in [0.1, 0.15) is 12.4 Å². The fraction of sp³-hybridized carbons (Fsp3) is 0.333. The topological polar surface area (TPSA) is 30.5 Å². The molecule has 2 rings (SSSR count). The number of aryl methyl sites for hydroxylation is 1. The highest BCUT2D eigenvalue weighted by Crippen LogP contribution is 2.12. The zero-order valence-corrected chi connectivity index (χ0v) is 12.8. The van der Waals surface area contributed by atoms with E-state index in [1.807, 2.05) is 12.1 Å². The fourth-order valence-corrected chi connectivity index (χ4v) is 2.00. The first-order valence-corrected chi connectivity index (χ1v) is 7.25. The van der Waals surface area contributed by atoms with Gasteiger partial charge in [-0.2, -0.15) is 0 Å². The molecule has 21 heavy (non-hydrogen) atoms. The van der Waals surface area contributed by atoms with Crippen molar-refractivity contribution < 1.29 is 9.47 Å². The highest BCUT2D eigenvalue weighted by atomic mass is 16.5. The normalized spacial score (nSPS) is 10.6. The van der Waals surface area contributed by atoms with Gasteiger partial charge in [0.05, 0.1) is 6.61 Å². The lowest BCUT2D eigenvalue weighted by molar-refractivity contribution is 0.146. The van der Waals surface area contributed by atoms with E-state index in [9.17, 15) is 0 Å². The first kappa shape index (κ1) is 15.5. The van der Waals surface area contributed by atoms with Gasteiger partial charge in [-0.05, 0) is 30.2 Å². The van der Waals surface area contributed by atoms with Gasteiger partial charge in [0.25, 0.3) is 0 Å². The van der Waals surface area contributed by atoms with Crippen LogP contribution in [0.1, 0.15) is 16.7 Å². The van der Waals surface area contributed by atoms with Crippen molar-refractivity contribution in [1.29, 1.82) is 0 Å². The maximum atomic E-state index is 5.54. The van der Waals surface area contributed by atoms with E-state index in [2.05, 4.69) is 48.6 Å². The summed E-state index contributed by atoms with van der Waals surface area (Å²) in [6.45, 7) is 5.04. The minimum Gasteiger partial charge on any atom is -0.491 e. The first-order valence-electron chi connectivity index (χ1n) is 7.25. The molecule has 0 radical (unpaired) electrons. The van der Waals surface area contributed by atoms with Gasteiger partial charge >= 0.3 is 0 Å². The van der Waals surface area contributed by atoms with Gasteiger partial charge in [-0.3, -0.25) is 0 Å². The first-order chi connectivity index (χ1) is 10.3. The highest BCUT2D eigenvalue weighted by Gasteiger charge is 1.97. The summed E-state index contributed by atoms with van der Waals surface area (Å²) < 4.78 is 10.5. The van der Waals surface area contributed by atoms with Crippen LogP contribution in [0.2, 0.25) is 0 Å². The van der Waals surface area contributed by atoms with Crippen LogP contribution >= 0.6 is 0 Å². The third-order valence-electron chi connectivity index (χ3n) is 3.26. The van der Waals surface area contributed by atoms with Crippen LogP contribution in [-0.4, -0.2) is 20.3 Å². The number of nitrogens with one attached hydrogen (secondary N) is 1. The van der Waals surface area contributed by atoms with Crippen molar-refractivity contribution in [3.05, 3.63) is 65.2 Å². The number of hydrogen-bond donors (Lipinski definition) is 1. The van der Waals surface area contributed by atoms with Gasteiger partial charge < -0.3 is 14.8 Å². The Balaban J connectivity index is 1.74. The zero-order valence-electron chi connectivity index (χ0n) is 12.8. The maximum Gasteiger partial charge on any atom is 0.119 e. The fourth-order valence-electron chi connectivity index (χ4n) is 2.00. The Hall–Kier alpha value is -1.84. The molecule has 2 aromatic rings. The summed E-state index contributed by atoms with van der Waals surface area (Å²) in [6, 6.07) is 16.8. The predicted molar refractivity (Wildman–Crippen MR) is 85.5 cm³/mol. The van der Waals surface area contributed by atoms with Crippen LogP contribution in [0.5, 0.6) is 5.75 Å². The van der Waals surface area contributed by atoms with Crippen molar-refractivity contribution in [1.82, 2.24) is 5.32 Å². The lowest BCUT2D eigenvalue weighted by Gasteiger charge is -2.08. The van der Waals surface area contributed by atoms with Crippen molar-refractivity contribution in [2.75, 3.05) is 20.3 Å². The SMILES string of the molecule is COCCOc1ccc(CNCc2ccc(C)cc2)cc1. The van der Waals surface area contributed by atoms with E-state index in [0.29, 0.717) is 13.2 Å². The molecule has 0 fully saturated rings. The van der Waals surface area contributed by atoms with Crippen LogP contribution < -0.4 is 10.1 Å². The van der Waals surface area contributed by atoms with Gasteiger partial charge in [-0.25, -0.2) is 0 Å². The number of hydrogen-bond acceptors (Lipinski definition) is 3. The van der Waals surface area contributed by atoms with Crippen LogP contribution in [0.25, 0.3) is 0 Å². The van der Waals surface area contributed by atoms with Crippen molar-refractivity contribution in [3.63, 3.8) is 0 Å². The molecule has 2 aromatic carbocycles. The van der Waals surface area contributed by atoms with Crippen LogP contribution in [-0.2, 0) is 17.8 Å². The van der Waals surface area contributed by atoms with E-state index in [-0.39, 0.29) is 0 Å². The molecule has 0 saturated carbocycles. The third kappa shape index (κ3) is 5.58. The minimum atomic E-state index is 0.585. The van der Waals surface area contributed by atoms with E-state index in [0.717, 1.165) is 18.8 Å². The van der Waals surface area contributed by atoms with Crippen molar-refractivity contribution in [2.24, 2.45) is 0 Å². The van der Waals surface area contributed by atoms with E-state index in [4.69, 9.17) is 9.47 Å². The Kier molecular flexibility index (Phi) is 6.25. The average molecular weight is 285 g/mol. The zero-order chi connectivity index (χ0) is 14.9. The molecule has 0 unspecified atom stereocenters. The molecule has 3 nitrogen and oxygen atoms in total. The highest BCUT2D eigenvalue weighted by molar-refractivity contribution is 5.27. The lowest BCUT2D eigenvalue weighted by Crippen LogP contribution is -2.12. The maximum absolute atomic E-state index is 5.54. The number of rotatable bonds is 8. The van der Waals surface area contributed by atoms with Gasteiger partial charge in [0.15, 0.2) is 0 Å². The van der Waals surface area contributed by atoms with Gasteiger partial charge in [-0.1, -0.05) is 42.0 Å². The molecule has 0 aromatic heterocycles. The van der Waals surface area contributed by atoms with Gasteiger partial charge in [0, 0.05) is 20.2 Å². The molecule has 0 aliphatic heterocycles. The third-order valence-corrected chi connectivity index (χ3v) is 3.26. The molecule has 3 heteroatoms. The van der Waals surface area contributed by atoms with E-state index < -0.39 is 0 Å². The van der Waals surface area contributed by atoms with Crippen molar-refractivity contribution in [2.45, 2.75) is 20.0 Å². The number of ether oxygens (including phenoxy) is 2. The smallest absolute Gasteiger partial charge is 0.119 e. The minimum absolute atomic E-state index is 0.585. The van der Waals surface area contributed by atoms with Crippen LogP contribution in [0.15, 0.2) is 48.5 Å². The molecule has 0 saturated heterocycles. The second-order valence-electron chi connectivity index (χ2n) is 5.07. The molecular formula is C18H23NO2. The summed E-state index contributed by atoms with van der Waals surface area (Å²) in [6.07, 6.45) is 0. The van der Waals surface area contributed by atoms with Crippen LogP contribution in [0.3, 0.4) is 0 Å². The molecule has 0 bridgehead atoms. The number of methoxy groups -OCH3 is 1. The molecule has 0 amide bonds. The Bertz CT molecular complexity index is 520. The quantitative estimate of drug-likeness (QED) is 0.755. The summed E-state index contributed by atoms with van der Waals surface area (Å²) in [5.41, 5.74) is 3.85. The summed E-state index contributed by atoms with van der Waals surface area (Å²) >= 11 is 0. The van der Waals surface area contributed by atoms with E-state index >= 15 is 0 Å².